The van der Waals surface area contributed by atoms with E-state index < -0.39 is 11.5 Å². The van der Waals surface area contributed by atoms with Gasteiger partial charge in [0.2, 0.25) is 5.92 Å². The number of nitrogens with zero attached hydrogens (tertiary/aromatic N) is 1. The van der Waals surface area contributed by atoms with Gasteiger partial charge in [0, 0.05) is 42.8 Å². The highest BCUT2D eigenvalue weighted by Gasteiger charge is 2.41. The fraction of sp³-hybridized carbons (Fsp3) is 0.500. The summed E-state index contributed by atoms with van der Waals surface area (Å²) in [6.07, 6.45) is 5.38. The number of pyridine rings is 1. The molecule has 1 N–H and O–H groups in total. The van der Waals surface area contributed by atoms with Gasteiger partial charge in [-0.3, -0.25) is 4.79 Å². The number of halogens is 3. The molecule has 2 aromatic heterocycles. The molecule has 2 aromatic rings. The standard InChI is InChI=1S/C22H24ClF2NO3/c23-17-3-2-11-26-18(15-5-12-29-14-15)13-16(20(17)26)19(27)4-1-6-21(28)7-9-22(24,25)10-8-21/h1-4,11,13,15,28H,5-10,12,14H2/b4-1+. The quantitative estimate of drug-likeness (QED) is 0.533. The molecule has 1 atom stereocenters. The van der Waals surface area contributed by atoms with Gasteiger partial charge in [0.05, 0.1) is 22.7 Å². The Kier molecular flexibility index (Phi) is 5.53. The monoisotopic (exact) mass is 423 g/mol. The number of carbonyl (C=O) groups is 1. The Morgan fingerprint density at radius 3 is 2.79 bits per heavy atom. The first kappa shape index (κ1) is 20.5. The van der Waals surface area contributed by atoms with E-state index in [-0.39, 0.29) is 43.8 Å². The van der Waals surface area contributed by atoms with E-state index in [2.05, 4.69) is 0 Å². The molecule has 1 aliphatic heterocycles. The highest BCUT2D eigenvalue weighted by atomic mass is 35.5. The summed E-state index contributed by atoms with van der Waals surface area (Å²) in [7, 11) is 0. The Bertz CT molecular complexity index is 937. The molecule has 7 heteroatoms. The number of alkyl halides is 2. The SMILES string of the molecule is O=C(/C=C/CC1(O)CCC(F)(F)CC1)c1cc(C2CCOC2)n2cccc(Cl)c12. The van der Waals surface area contributed by atoms with Crippen LogP contribution in [-0.2, 0) is 4.74 Å². The van der Waals surface area contributed by atoms with E-state index in [0.29, 0.717) is 29.3 Å². The molecule has 1 saturated heterocycles. The van der Waals surface area contributed by atoms with E-state index in [4.69, 9.17) is 16.3 Å². The molecule has 1 saturated carbocycles. The van der Waals surface area contributed by atoms with Crippen molar-refractivity contribution in [3.05, 3.63) is 52.8 Å². The van der Waals surface area contributed by atoms with Crippen molar-refractivity contribution in [2.24, 2.45) is 0 Å². The van der Waals surface area contributed by atoms with Crippen molar-refractivity contribution in [3.8, 4) is 0 Å². The van der Waals surface area contributed by atoms with Crippen molar-refractivity contribution in [3.63, 3.8) is 0 Å². The topological polar surface area (TPSA) is 50.9 Å². The van der Waals surface area contributed by atoms with Crippen LogP contribution in [0.1, 0.15) is 60.5 Å². The molecule has 2 aliphatic rings. The van der Waals surface area contributed by atoms with Crippen molar-refractivity contribution < 1.29 is 23.4 Å². The van der Waals surface area contributed by atoms with Gasteiger partial charge in [-0.05, 0) is 50.0 Å². The van der Waals surface area contributed by atoms with E-state index in [0.717, 1.165) is 12.1 Å². The maximum absolute atomic E-state index is 13.3. The summed E-state index contributed by atoms with van der Waals surface area (Å²) in [6, 6.07) is 5.45. The number of fused-ring (bicyclic) bond motifs is 1. The lowest BCUT2D eigenvalue weighted by Gasteiger charge is -2.35. The summed E-state index contributed by atoms with van der Waals surface area (Å²) >= 11 is 6.39. The van der Waals surface area contributed by atoms with Crippen LogP contribution in [0.5, 0.6) is 0 Å². The fourth-order valence-electron chi connectivity index (χ4n) is 4.27. The van der Waals surface area contributed by atoms with Crippen LogP contribution in [0.3, 0.4) is 0 Å². The molecule has 29 heavy (non-hydrogen) atoms. The summed E-state index contributed by atoms with van der Waals surface area (Å²) in [5, 5.41) is 11.0. The molecule has 0 spiro atoms. The Morgan fingerprint density at radius 2 is 2.10 bits per heavy atom. The van der Waals surface area contributed by atoms with Crippen molar-refractivity contribution in [1.29, 1.82) is 0 Å². The van der Waals surface area contributed by atoms with Crippen molar-refractivity contribution in [2.75, 3.05) is 13.2 Å². The number of allylic oxidation sites excluding steroid dienone is 1. The van der Waals surface area contributed by atoms with Crippen LogP contribution in [0, 0.1) is 0 Å². The normalized spacial score (nSPS) is 23.8. The minimum atomic E-state index is -2.70. The third kappa shape index (κ3) is 4.25. The molecule has 0 amide bonds. The van der Waals surface area contributed by atoms with Crippen LogP contribution in [0.4, 0.5) is 8.78 Å². The second kappa shape index (κ2) is 7.82. The first-order valence-corrected chi connectivity index (χ1v) is 10.3. The summed E-state index contributed by atoms with van der Waals surface area (Å²) in [5.74, 6) is -2.71. The first-order valence-electron chi connectivity index (χ1n) is 9.96. The molecular formula is C22H24ClF2NO3. The molecule has 0 radical (unpaired) electrons. The Labute approximate surface area is 173 Å². The van der Waals surface area contributed by atoms with Gasteiger partial charge in [-0.2, -0.15) is 0 Å². The van der Waals surface area contributed by atoms with Gasteiger partial charge in [0.1, 0.15) is 0 Å². The van der Waals surface area contributed by atoms with Gasteiger partial charge >= 0.3 is 0 Å². The van der Waals surface area contributed by atoms with Crippen LogP contribution in [-0.4, -0.2) is 40.0 Å². The van der Waals surface area contributed by atoms with E-state index in [1.54, 1.807) is 12.1 Å². The number of aromatic nitrogens is 1. The molecule has 1 aliphatic carbocycles. The molecular weight excluding hydrogens is 400 g/mol. The van der Waals surface area contributed by atoms with Gasteiger partial charge in [-0.15, -0.1) is 0 Å². The number of hydrogen-bond acceptors (Lipinski definition) is 3. The lowest BCUT2D eigenvalue weighted by atomic mass is 9.80. The third-order valence-corrected chi connectivity index (χ3v) is 6.37. The number of ketones is 1. The molecule has 4 rings (SSSR count). The molecule has 156 valence electrons. The Hall–Kier alpha value is -1.76. The van der Waals surface area contributed by atoms with Gasteiger partial charge in [-0.1, -0.05) is 17.7 Å². The smallest absolute Gasteiger partial charge is 0.248 e. The summed E-state index contributed by atoms with van der Waals surface area (Å²) < 4.78 is 34.1. The highest BCUT2D eigenvalue weighted by molar-refractivity contribution is 6.35. The number of ether oxygens (including phenoxy) is 1. The van der Waals surface area contributed by atoms with Crippen LogP contribution < -0.4 is 0 Å². The predicted molar refractivity (Wildman–Crippen MR) is 107 cm³/mol. The number of carbonyl (C=O) groups excluding carboxylic acids is 1. The molecule has 1 unspecified atom stereocenters. The van der Waals surface area contributed by atoms with Crippen molar-refractivity contribution >= 4 is 22.9 Å². The fourth-order valence-corrected chi connectivity index (χ4v) is 4.54. The molecule has 4 nitrogen and oxygen atoms in total. The maximum Gasteiger partial charge on any atom is 0.248 e. The van der Waals surface area contributed by atoms with Crippen LogP contribution >= 0.6 is 11.6 Å². The van der Waals surface area contributed by atoms with Gasteiger partial charge in [0.25, 0.3) is 0 Å². The average molecular weight is 424 g/mol. The summed E-state index contributed by atoms with van der Waals surface area (Å²) in [6.45, 7) is 1.30. The Morgan fingerprint density at radius 1 is 1.34 bits per heavy atom. The predicted octanol–water partition coefficient (Wildman–Crippen LogP) is 5.17. The van der Waals surface area contributed by atoms with Gasteiger partial charge in [0.15, 0.2) is 5.78 Å². The van der Waals surface area contributed by atoms with Gasteiger partial charge < -0.3 is 14.2 Å². The second-order valence-corrected chi connectivity index (χ2v) is 8.58. The molecule has 2 fully saturated rings. The molecule has 0 aromatic carbocycles. The highest BCUT2D eigenvalue weighted by Crippen LogP contribution is 2.40. The minimum Gasteiger partial charge on any atom is -0.390 e. The zero-order chi connectivity index (χ0) is 20.6. The van der Waals surface area contributed by atoms with Crippen LogP contribution in [0.2, 0.25) is 5.02 Å². The lowest BCUT2D eigenvalue weighted by Crippen LogP contribution is -2.38. The second-order valence-electron chi connectivity index (χ2n) is 8.17. The zero-order valence-corrected chi connectivity index (χ0v) is 16.8. The van der Waals surface area contributed by atoms with Crippen molar-refractivity contribution in [1.82, 2.24) is 4.40 Å². The Balaban J connectivity index is 1.55. The number of hydrogen-bond donors (Lipinski definition) is 1. The molecule has 3 heterocycles. The third-order valence-electron chi connectivity index (χ3n) is 6.06. The van der Waals surface area contributed by atoms with Crippen LogP contribution in [0.15, 0.2) is 36.5 Å². The van der Waals surface area contributed by atoms with E-state index in [1.807, 2.05) is 22.7 Å². The van der Waals surface area contributed by atoms with E-state index in [1.165, 1.54) is 6.08 Å². The minimum absolute atomic E-state index is 0.0331. The number of aliphatic hydroxyl groups is 1. The summed E-state index contributed by atoms with van der Waals surface area (Å²) in [5.41, 5.74) is 0.966. The largest absolute Gasteiger partial charge is 0.390 e. The zero-order valence-electron chi connectivity index (χ0n) is 16.0. The van der Waals surface area contributed by atoms with Crippen LogP contribution in [0.25, 0.3) is 5.52 Å². The van der Waals surface area contributed by atoms with Gasteiger partial charge in [-0.25, -0.2) is 8.78 Å². The maximum atomic E-state index is 13.3. The van der Waals surface area contributed by atoms with E-state index >= 15 is 0 Å². The van der Waals surface area contributed by atoms with E-state index in [9.17, 15) is 18.7 Å². The average Bonchev–Trinajstić information content (AvgIpc) is 3.33. The molecule has 0 bridgehead atoms. The first-order chi connectivity index (χ1) is 13.8. The summed E-state index contributed by atoms with van der Waals surface area (Å²) in [4.78, 5) is 12.9. The lowest BCUT2D eigenvalue weighted by molar-refractivity contribution is -0.102. The number of rotatable bonds is 5. The van der Waals surface area contributed by atoms with Crippen molar-refractivity contribution in [2.45, 2.75) is 56.0 Å².